The molecule has 16 heavy (non-hydrogen) atoms. The minimum Gasteiger partial charge on any atom is -0.466 e. The van der Waals surface area contributed by atoms with Crippen molar-refractivity contribution in [3.63, 3.8) is 0 Å². The second kappa shape index (κ2) is 8.13. The third-order valence-corrected chi connectivity index (χ3v) is 5.36. The zero-order valence-electron chi connectivity index (χ0n) is 10.5. The van der Waals surface area contributed by atoms with E-state index in [2.05, 4.69) is 49.5 Å². The number of hydrogen-bond acceptors (Lipinski definition) is 3. The maximum Gasteiger partial charge on any atom is 0.106 e. The molecule has 0 N–H and O–H groups in total. The standard InChI is InChI=1S/C13H22OS2/c1-4-8-15-13(16-9-5-2)10-12-7-6-11(3)14-12/h6-7,13H,4-5,8-10H2,1-3H3. The Balaban J connectivity index is 2.41. The van der Waals surface area contributed by atoms with E-state index >= 15 is 0 Å². The molecule has 0 saturated carbocycles. The summed E-state index contributed by atoms with van der Waals surface area (Å²) in [6, 6.07) is 4.17. The van der Waals surface area contributed by atoms with Crippen LogP contribution in [0.1, 0.15) is 38.2 Å². The van der Waals surface area contributed by atoms with Gasteiger partial charge in [0.2, 0.25) is 0 Å². The highest BCUT2D eigenvalue weighted by Gasteiger charge is 2.12. The van der Waals surface area contributed by atoms with Crippen LogP contribution in [0.4, 0.5) is 0 Å². The van der Waals surface area contributed by atoms with Gasteiger partial charge in [-0.15, -0.1) is 23.5 Å². The van der Waals surface area contributed by atoms with E-state index in [1.165, 1.54) is 24.3 Å². The van der Waals surface area contributed by atoms with Crippen LogP contribution in [0.15, 0.2) is 16.5 Å². The van der Waals surface area contributed by atoms with Crippen molar-refractivity contribution in [2.75, 3.05) is 11.5 Å². The smallest absolute Gasteiger partial charge is 0.106 e. The first-order chi connectivity index (χ1) is 7.76. The van der Waals surface area contributed by atoms with Crippen LogP contribution in [-0.2, 0) is 6.42 Å². The van der Waals surface area contributed by atoms with Gasteiger partial charge in [0.25, 0.3) is 0 Å². The summed E-state index contributed by atoms with van der Waals surface area (Å²) in [6.07, 6.45) is 3.57. The van der Waals surface area contributed by atoms with E-state index in [0.29, 0.717) is 4.58 Å². The van der Waals surface area contributed by atoms with Gasteiger partial charge < -0.3 is 4.42 Å². The van der Waals surface area contributed by atoms with Crippen LogP contribution in [0, 0.1) is 6.92 Å². The molecule has 1 nitrogen and oxygen atoms in total. The van der Waals surface area contributed by atoms with Crippen LogP contribution in [0.3, 0.4) is 0 Å². The van der Waals surface area contributed by atoms with E-state index in [4.69, 9.17) is 4.42 Å². The quantitative estimate of drug-likeness (QED) is 0.625. The molecule has 0 radical (unpaired) electrons. The van der Waals surface area contributed by atoms with Crippen molar-refractivity contribution in [1.29, 1.82) is 0 Å². The molecule has 92 valence electrons. The molecule has 0 bridgehead atoms. The molecule has 0 aromatic carbocycles. The van der Waals surface area contributed by atoms with E-state index in [9.17, 15) is 0 Å². The summed E-state index contributed by atoms with van der Waals surface area (Å²) in [4.78, 5) is 0. The van der Waals surface area contributed by atoms with Crippen LogP contribution in [-0.4, -0.2) is 16.1 Å². The molecular formula is C13H22OS2. The van der Waals surface area contributed by atoms with Crippen molar-refractivity contribution in [3.05, 3.63) is 23.7 Å². The first-order valence-corrected chi connectivity index (χ1v) is 8.14. The number of aryl methyl sites for hydroxylation is 1. The van der Waals surface area contributed by atoms with E-state index < -0.39 is 0 Å². The average Bonchev–Trinajstić information content (AvgIpc) is 2.68. The van der Waals surface area contributed by atoms with Crippen LogP contribution >= 0.6 is 23.5 Å². The molecule has 0 fully saturated rings. The van der Waals surface area contributed by atoms with Gasteiger partial charge in [-0.1, -0.05) is 13.8 Å². The minimum atomic E-state index is 0.658. The summed E-state index contributed by atoms with van der Waals surface area (Å²) in [5.74, 6) is 4.66. The fraction of sp³-hybridized carbons (Fsp3) is 0.692. The molecule has 1 aromatic rings. The molecule has 0 aliphatic heterocycles. The third kappa shape index (κ3) is 5.35. The average molecular weight is 258 g/mol. The monoisotopic (exact) mass is 258 g/mol. The number of thioether (sulfide) groups is 2. The molecule has 0 amide bonds. The summed E-state index contributed by atoms with van der Waals surface area (Å²) < 4.78 is 6.31. The Hall–Kier alpha value is -0.0200. The second-order valence-electron chi connectivity index (χ2n) is 3.89. The van der Waals surface area contributed by atoms with Crippen molar-refractivity contribution in [2.45, 2.75) is 44.6 Å². The maximum atomic E-state index is 5.65. The summed E-state index contributed by atoms with van der Waals surface area (Å²) in [5.41, 5.74) is 0. The molecule has 0 unspecified atom stereocenters. The highest BCUT2D eigenvalue weighted by Crippen LogP contribution is 2.28. The Labute approximate surface area is 108 Å². The van der Waals surface area contributed by atoms with Crippen LogP contribution in [0.2, 0.25) is 0 Å². The minimum absolute atomic E-state index is 0.658. The highest BCUT2D eigenvalue weighted by atomic mass is 32.2. The molecule has 0 aliphatic carbocycles. The highest BCUT2D eigenvalue weighted by molar-refractivity contribution is 8.17. The van der Waals surface area contributed by atoms with Gasteiger partial charge in [0.05, 0.1) is 4.58 Å². The van der Waals surface area contributed by atoms with Crippen LogP contribution in [0.25, 0.3) is 0 Å². The van der Waals surface area contributed by atoms with Gasteiger partial charge in [-0.3, -0.25) is 0 Å². The van der Waals surface area contributed by atoms with Gasteiger partial charge >= 0.3 is 0 Å². The summed E-state index contributed by atoms with van der Waals surface area (Å²) in [6.45, 7) is 6.49. The lowest BCUT2D eigenvalue weighted by Crippen LogP contribution is -2.03. The van der Waals surface area contributed by atoms with Crippen molar-refractivity contribution in [3.8, 4) is 0 Å². The van der Waals surface area contributed by atoms with E-state index in [1.54, 1.807) is 0 Å². The maximum absolute atomic E-state index is 5.65. The summed E-state index contributed by atoms with van der Waals surface area (Å²) in [7, 11) is 0. The van der Waals surface area contributed by atoms with Crippen molar-refractivity contribution in [1.82, 2.24) is 0 Å². The largest absolute Gasteiger partial charge is 0.466 e. The van der Waals surface area contributed by atoms with Gasteiger partial charge in [0, 0.05) is 6.42 Å². The fourth-order valence-electron chi connectivity index (χ4n) is 1.42. The predicted molar refractivity (Wildman–Crippen MR) is 76.4 cm³/mol. The first kappa shape index (κ1) is 14.0. The Morgan fingerprint density at radius 2 is 1.75 bits per heavy atom. The molecule has 0 saturated heterocycles. The Morgan fingerprint density at radius 3 is 2.19 bits per heavy atom. The zero-order chi connectivity index (χ0) is 11.8. The van der Waals surface area contributed by atoms with Gasteiger partial charge in [-0.25, -0.2) is 0 Å². The lowest BCUT2D eigenvalue weighted by molar-refractivity contribution is 0.488. The van der Waals surface area contributed by atoms with E-state index in [-0.39, 0.29) is 0 Å². The Kier molecular flexibility index (Phi) is 7.13. The molecule has 3 heteroatoms. The van der Waals surface area contributed by atoms with Gasteiger partial charge in [-0.2, -0.15) is 0 Å². The Bertz CT molecular complexity index is 275. The van der Waals surface area contributed by atoms with Gasteiger partial charge in [0.15, 0.2) is 0 Å². The SMILES string of the molecule is CCCSC(Cc1ccc(C)o1)SCCC. The lowest BCUT2D eigenvalue weighted by Gasteiger charge is -2.14. The lowest BCUT2D eigenvalue weighted by atomic mass is 10.3. The second-order valence-corrected chi connectivity index (χ2v) is 6.81. The van der Waals surface area contributed by atoms with Crippen LogP contribution < -0.4 is 0 Å². The molecule has 1 rings (SSSR count). The third-order valence-electron chi connectivity index (χ3n) is 2.18. The normalized spacial score (nSPS) is 11.2. The summed E-state index contributed by atoms with van der Waals surface area (Å²) >= 11 is 4.14. The number of furan rings is 1. The van der Waals surface area contributed by atoms with Gasteiger partial charge in [0.1, 0.15) is 11.5 Å². The zero-order valence-corrected chi connectivity index (χ0v) is 12.1. The molecule has 0 atom stereocenters. The summed E-state index contributed by atoms with van der Waals surface area (Å²) in [5, 5.41) is 0. The van der Waals surface area contributed by atoms with Gasteiger partial charge in [-0.05, 0) is 43.4 Å². The van der Waals surface area contributed by atoms with Crippen molar-refractivity contribution >= 4 is 23.5 Å². The topological polar surface area (TPSA) is 13.1 Å². The fourth-order valence-corrected chi connectivity index (χ4v) is 3.95. The first-order valence-electron chi connectivity index (χ1n) is 6.04. The molecule has 1 heterocycles. The molecular weight excluding hydrogens is 236 g/mol. The van der Waals surface area contributed by atoms with Crippen LogP contribution in [0.5, 0.6) is 0 Å². The molecule has 1 aromatic heterocycles. The Morgan fingerprint density at radius 1 is 1.12 bits per heavy atom. The van der Waals surface area contributed by atoms with E-state index in [0.717, 1.165) is 17.9 Å². The number of hydrogen-bond donors (Lipinski definition) is 0. The number of rotatable bonds is 8. The van der Waals surface area contributed by atoms with Crippen molar-refractivity contribution in [2.24, 2.45) is 0 Å². The molecule has 0 aliphatic rings. The van der Waals surface area contributed by atoms with E-state index in [1.807, 2.05) is 6.92 Å². The molecule has 0 spiro atoms. The predicted octanol–water partition coefficient (Wildman–Crippen LogP) is 4.74. The van der Waals surface area contributed by atoms with Crippen molar-refractivity contribution < 1.29 is 4.42 Å².